The van der Waals surface area contributed by atoms with Crippen LogP contribution in [0.5, 0.6) is 0 Å². The van der Waals surface area contributed by atoms with Crippen LogP contribution in [0.25, 0.3) is 0 Å². The van der Waals surface area contributed by atoms with Crippen molar-refractivity contribution in [3.63, 3.8) is 0 Å². The summed E-state index contributed by atoms with van der Waals surface area (Å²) < 4.78 is 0. The van der Waals surface area contributed by atoms with Gasteiger partial charge in [0, 0.05) is 12.8 Å². The first kappa shape index (κ1) is 6.63. The SMILES string of the molecule is CN=C(C)CC[OH2+]. The van der Waals surface area contributed by atoms with Gasteiger partial charge in [0.15, 0.2) is 0 Å². The van der Waals surface area contributed by atoms with Gasteiger partial charge in [-0.2, -0.15) is 0 Å². The Bertz CT molecular complexity index is 68.5. The molecular weight excluding hydrogens is 90.1 g/mol. The van der Waals surface area contributed by atoms with E-state index in [-0.39, 0.29) is 0 Å². The molecule has 0 heterocycles. The van der Waals surface area contributed by atoms with E-state index < -0.39 is 0 Å². The Balaban J connectivity index is 3.17. The second kappa shape index (κ2) is 3.81. The monoisotopic (exact) mass is 102 g/mol. The molecule has 7 heavy (non-hydrogen) atoms. The molecule has 0 bridgehead atoms. The van der Waals surface area contributed by atoms with Gasteiger partial charge in [-0.15, -0.1) is 0 Å². The molecule has 0 aromatic rings. The quantitative estimate of drug-likeness (QED) is 0.352. The number of rotatable bonds is 2. The molecule has 0 saturated heterocycles. The summed E-state index contributed by atoms with van der Waals surface area (Å²) >= 11 is 0. The van der Waals surface area contributed by atoms with Crippen LogP contribution in [0.15, 0.2) is 4.99 Å². The molecule has 0 aliphatic rings. The minimum absolute atomic E-state index is 0.461. The lowest BCUT2D eigenvalue weighted by molar-refractivity contribution is 0.307. The highest BCUT2D eigenvalue weighted by Crippen LogP contribution is 1.80. The standard InChI is InChI=1S/C5H11NO/c1-5(6-2)3-4-7/h7H,3-4H2,1-2H3/p+1. The predicted octanol–water partition coefficient (Wildman–Crippen LogP) is 0.192. The van der Waals surface area contributed by atoms with Gasteiger partial charge in [-0.05, 0) is 6.92 Å². The Labute approximate surface area is 43.9 Å². The second-order valence-corrected chi connectivity index (χ2v) is 1.46. The molecule has 0 spiro atoms. The summed E-state index contributed by atoms with van der Waals surface area (Å²) in [5.41, 5.74) is 1.06. The van der Waals surface area contributed by atoms with Gasteiger partial charge in [0.1, 0.15) is 6.61 Å². The van der Waals surface area contributed by atoms with E-state index in [1.165, 1.54) is 0 Å². The van der Waals surface area contributed by atoms with E-state index in [0.717, 1.165) is 12.1 Å². The third-order valence-corrected chi connectivity index (χ3v) is 0.869. The molecule has 0 saturated carbocycles. The van der Waals surface area contributed by atoms with Crippen LogP contribution in [-0.2, 0) is 0 Å². The van der Waals surface area contributed by atoms with Crippen LogP contribution in [0.3, 0.4) is 0 Å². The van der Waals surface area contributed by atoms with Crippen molar-refractivity contribution in [1.29, 1.82) is 0 Å². The molecule has 2 heteroatoms. The highest BCUT2D eigenvalue weighted by molar-refractivity contribution is 5.81. The van der Waals surface area contributed by atoms with Gasteiger partial charge in [-0.3, -0.25) is 4.99 Å². The first-order chi connectivity index (χ1) is 3.31. The zero-order valence-electron chi connectivity index (χ0n) is 4.86. The van der Waals surface area contributed by atoms with Crippen LogP contribution in [0, 0.1) is 0 Å². The normalized spacial score (nSPS) is 12.1. The van der Waals surface area contributed by atoms with E-state index in [9.17, 15) is 0 Å². The van der Waals surface area contributed by atoms with E-state index in [1.54, 1.807) is 7.05 Å². The van der Waals surface area contributed by atoms with Crippen molar-refractivity contribution in [3.8, 4) is 0 Å². The van der Waals surface area contributed by atoms with E-state index >= 15 is 0 Å². The van der Waals surface area contributed by atoms with Crippen LogP contribution in [0.1, 0.15) is 13.3 Å². The molecule has 0 atom stereocenters. The van der Waals surface area contributed by atoms with Gasteiger partial charge in [0.25, 0.3) is 0 Å². The van der Waals surface area contributed by atoms with E-state index in [4.69, 9.17) is 5.11 Å². The van der Waals surface area contributed by atoms with Crippen LogP contribution in [0.2, 0.25) is 0 Å². The van der Waals surface area contributed by atoms with Gasteiger partial charge in [-0.1, -0.05) is 0 Å². The molecule has 0 radical (unpaired) electrons. The van der Waals surface area contributed by atoms with Crippen LogP contribution < -0.4 is 0 Å². The maximum absolute atomic E-state index is 6.76. The number of aliphatic imine (C=N–C) groups is 1. The van der Waals surface area contributed by atoms with Crippen molar-refractivity contribution in [3.05, 3.63) is 0 Å². The average Bonchev–Trinajstić information content (AvgIpc) is 1.68. The summed E-state index contributed by atoms with van der Waals surface area (Å²) in [6.07, 6.45) is 0.816. The number of hydrogen-bond acceptors (Lipinski definition) is 1. The maximum atomic E-state index is 6.76. The molecule has 2 N–H and O–H groups in total. The molecule has 0 aromatic heterocycles. The first-order valence-electron chi connectivity index (χ1n) is 2.38. The predicted molar refractivity (Wildman–Crippen MR) is 32.1 cm³/mol. The molecule has 0 fully saturated rings. The number of hydrogen-bond donors (Lipinski definition) is 0. The largest absolute Gasteiger partial charge is 0.445 e. The van der Waals surface area contributed by atoms with Crippen LogP contribution in [0.4, 0.5) is 0 Å². The fourth-order valence-electron chi connectivity index (χ4n) is 0.293. The molecule has 0 aliphatic heterocycles. The molecule has 0 aromatic carbocycles. The van der Waals surface area contributed by atoms with Crippen molar-refractivity contribution < 1.29 is 5.11 Å². The van der Waals surface area contributed by atoms with Crippen LogP contribution >= 0.6 is 0 Å². The van der Waals surface area contributed by atoms with Crippen molar-refractivity contribution in [1.82, 2.24) is 0 Å². The molecule has 0 aliphatic carbocycles. The van der Waals surface area contributed by atoms with E-state index in [0.29, 0.717) is 6.61 Å². The first-order valence-corrected chi connectivity index (χ1v) is 2.38. The summed E-state index contributed by atoms with van der Waals surface area (Å²) in [7, 11) is 1.75. The van der Waals surface area contributed by atoms with Gasteiger partial charge in [0.05, 0.1) is 6.42 Å². The Kier molecular flexibility index (Phi) is 3.61. The van der Waals surface area contributed by atoms with Crippen LogP contribution in [-0.4, -0.2) is 24.5 Å². The minimum atomic E-state index is 0.461. The molecule has 0 rings (SSSR count). The van der Waals surface area contributed by atoms with Gasteiger partial charge >= 0.3 is 0 Å². The van der Waals surface area contributed by atoms with Crippen molar-refractivity contribution in [2.45, 2.75) is 13.3 Å². The zero-order valence-corrected chi connectivity index (χ0v) is 4.86. The summed E-state index contributed by atoms with van der Waals surface area (Å²) in [4.78, 5) is 3.87. The third kappa shape index (κ3) is 3.46. The number of nitrogens with zero attached hydrogens (tertiary/aromatic N) is 1. The fraction of sp³-hybridized carbons (Fsp3) is 0.800. The minimum Gasteiger partial charge on any atom is -0.445 e. The Morgan fingerprint density at radius 3 is 2.43 bits per heavy atom. The summed E-state index contributed by atoms with van der Waals surface area (Å²) in [5.74, 6) is 0. The maximum Gasteiger partial charge on any atom is 0.148 e. The van der Waals surface area contributed by atoms with Crippen molar-refractivity contribution >= 4 is 5.71 Å². The molecule has 2 nitrogen and oxygen atoms in total. The molecule has 42 valence electrons. The van der Waals surface area contributed by atoms with Gasteiger partial charge < -0.3 is 5.11 Å². The second-order valence-electron chi connectivity index (χ2n) is 1.46. The Hall–Kier alpha value is -0.370. The topological polar surface area (TPSA) is 35.3 Å². The zero-order chi connectivity index (χ0) is 5.70. The van der Waals surface area contributed by atoms with Gasteiger partial charge in [0.2, 0.25) is 0 Å². The van der Waals surface area contributed by atoms with E-state index in [1.807, 2.05) is 6.92 Å². The highest BCUT2D eigenvalue weighted by atomic mass is 16.2. The molecule has 0 amide bonds. The summed E-state index contributed by atoms with van der Waals surface area (Å²) in [6.45, 7) is 2.40. The lowest BCUT2D eigenvalue weighted by Gasteiger charge is -1.87. The summed E-state index contributed by atoms with van der Waals surface area (Å²) in [6, 6.07) is 0. The van der Waals surface area contributed by atoms with E-state index in [2.05, 4.69) is 4.99 Å². The third-order valence-electron chi connectivity index (χ3n) is 0.869. The smallest absolute Gasteiger partial charge is 0.148 e. The Morgan fingerprint density at radius 1 is 1.71 bits per heavy atom. The molecule has 0 unspecified atom stereocenters. The highest BCUT2D eigenvalue weighted by Gasteiger charge is 1.85. The Morgan fingerprint density at radius 2 is 2.29 bits per heavy atom. The fourth-order valence-corrected chi connectivity index (χ4v) is 0.293. The summed E-state index contributed by atoms with van der Waals surface area (Å²) in [5, 5.41) is 6.76. The van der Waals surface area contributed by atoms with Gasteiger partial charge in [-0.25, -0.2) is 0 Å². The lowest BCUT2D eigenvalue weighted by atomic mass is 10.3. The van der Waals surface area contributed by atoms with Crippen molar-refractivity contribution in [2.24, 2.45) is 4.99 Å². The molecular formula is C5H12NO+. The average molecular weight is 102 g/mol. The van der Waals surface area contributed by atoms with Crippen molar-refractivity contribution in [2.75, 3.05) is 13.7 Å². The lowest BCUT2D eigenvalue weighted by Crippen LogP contribution is -1.93.